The zero-order valence-corrected chi connectivity index (χ0v) is 14.6. The number of halogens is 2. The number of hydrogen-bond acceptors (Lipinski definition) is 4. The van der Waals surface area contributed by atoms with E-state index in [0.29, 0.717) is 20.8 Å². The molecule has 0 saturated carbocycles. The van der Waals surface area contributed by atoms with Crippen LogP contribution in [0.15, 0.2) is 46.0 Å². The number of ether oxygens (including phenoxy) is 1. The molecule has 0 saturated heterocycles. The highest BCUT2D eigenvalue weighted by atomic mass is 79.9. The van der Waals surface area contributed by atoms with E-state index < -0.39 is 5.91 Å². The number of phenolic OH excluding ortho intramolecular Hbond substituents is 1. The fourth-order valence-electron chi connectivity index (χ4n) is 1.72. The largest absolute Gasteiger partial charge is 0.507 e. The highest BCUT2D eigenvalue weighted by Crippen LogP contribution is 2.27. The second kappa shape index (κ2) is 7.99. The lowest BCUT2D eigenvalue weighted by molar-refractivity contribution is -0.123. The Morgan fingerprint density at radius 3 is 2.91 bits per heavy atom. The van der Waals surface area contributed by atoms with Gasteiger partial charge >= 0.3 is 0 Å². The molecule has 23 heavy (non-hydrogen) atoms. The number of nitrogens with one attached hydrogen (secondary N) is 1. The van der Waals surface area contributed by atoms with E-state index in [4.69, 9.17) is 16.3 Å². The van der Waals surface area contributed by atoms with Gasteiger partial charge in [0.05, 0.1) is 10.7 Å². The van der Waals surface area contributed by atoms with Crippen molar-refractivity contribution >= 4 is 39.7 Å². The second-order valence-corrected chi connectivity index (χ2v) is 6.01. The van der Waals surface area contributed by atoms with Crippen LogP contribution in [-0.4, -0.2) is 23.8 Å². The molecule has 0 spiro atoms. The Morgan fingerprint density at radius 2 is 2.17 bits per heavy atom. The van der Waals surface area contributed by atoms with Gasteiger partial charge in [-0.3, -0.25) is 4.79 Å². The zero-order chi connectivity index (χ0) is 16.8. The molecule has 0 bridgehead atoms. The van der Waals surface area contributed by atoms with Crippen molar-refractivity contribution in [2.45, 2.75) is 6.92 Å². The van der Waals surface area contributed by atoms with E-state index in [-0.39, 0.29) is 12.4 Å². The van der Waals surface area contributed by atoms with Crippen LogP contribution >= 0.6 is 27.5 Å². The predicted molar refractivity (Wildman–Crippen MR) is 93.2 cm³/mol. The van der Waals surface area contributed by atoms with Gasteiger partial charge in [-0.05, 0) is 53.2 Å². The summed E-state index contributed by atoms with van der Waals surface area (Å²) in [6.45, 7) is 1.70. The minimum Gasteiger partial charge on any atom is -0.507 e. The van der Waals surface area contributed by atoms with E-state index in [1.54, 1.807) is 36.4 Å². The third-order valence-corrected chi connectivity index (χ3v) is 3.68. The maximum Gasteiger partial charge on any atom is 0.277 e. The second-order valence-electron chi connectivity index (χ2n) is 4.72. The van der Waals surface area contributed by atoms with Crippen LogP contribution in [0.25, 0.3) is 0 Å². The molecule has 7 heteroatoms. The lowest BCUT2D eigenvalue weighted by atomic mass is 10.1. The summed E-state index contributed by atoms with van der Waals surface area (Å²) >= 11 is 9.12. The first-order chi connectivity index (χ1) is 11.0. The van der Waals surface area contributed by atoms with Crippen LogP contribution in [0.3, 0.4) is 0 Å². The molecule has 120 valence electrons. The number of carbonyl (C=O) groups is 1. The topological polar surface area (TPSA) is 70.9 Å². The summed E-state index contributed by atoms with van der Waals surface area (Å²) < 4.78 is 6.02. The fourth-order valence-corrected chi connectivity index (χ4v) is 2.52. The normalized spacial score (nSPS) is 10.7. The first-order valence-electron chi connectivity index (χ1n) is 6.65. The third-order valence-electron chi connectivity index (χ3n) is 2.83. The van der Waals surface area contributed by atoms with Gasteiger partial charge in [-0.25, -0.2) is 5.43 Å². The number of aromatic hydroxyl groups is 1. The third kappa shape index (κ3) is 5.26. The number of amides is 1. The van der Waals surface area contributed by atoms with E-state index in [2.05, 4.69) is 26.5 Å². The van der Waals surface area contributed by atoms with Crippen molar-refractivity contribution in [2.24, 2.45) is 5.10 Å². The average molecular weight is 398 g/mol. The summed E-state index contributed by atoms with van der Waals surface area (Å²) in [5.41, 5.74) is 3.83. The molecule has 5 nitrogen and oxygen atoms in total. The molecule has 0 heterocycles. The van der Waals surface area contributed by atoms with Crippen LogP contribution in [0.1, 0.15) is 11.1 Å². The van der Waals surface area contributed by atoms with E-state index in [1.807, 2.05) is 6.92 Å². The van der Waals surface area contributed by atoms with E-state index in [0.717, 1.165) is 5.56 Å². The van der Waals surface area contributed by atoms with Crippen molar-refractivity contribution < 1.29 is 14.6 Å². The van der Waals surface area contributed by atoms with Crippen molar-refractivity contribution in [1.82, 2.24) is 5.43 Å². The van der Waals surface area contributed by atoms with Crippen LogP contribution in [0, 0.1) is 6.92 Å². The molecule has 2 aromatic rings. The number of benzene rings is 2. The number of aryl methyl sites for hydroxylation is 1. The van der Waals surface area contributed by atoms with Gasteiger partial charge in [-0.1, -0.05) is 23.2 Å². The lowest BCUT2D eigenvalue weighted by Crippen LogP contribution is -2.24. The van der Waals surface area contributed by atoms with Crippen LogP contribution in [0.2, 0.25) is 5.02 Å². The van der Waals surface area contributed by atoms with Crippen molar-refractivity contribution in [1.29, 1.82) is 0 Å². The Labute approximate surface area is 147 Å². The van der Waals surface area contributed by atoms with E-state index in [9.17, 15) is 9.90 Å². The average Bonchev–Trinajstić information content (AvgIpc) is 2.50. The summed E-state index contributed by atoms with van der Waals surface area (Å²) in [7, 11) is 0. The number of nitrogens with zero attached hydrogens (tertiary/aromatic N) is 1. The van der Waals surface area contributed by atoms with Gasteiger partial charge in [0, 0.05) is 10.6 Å². The number of hydrogen-bond donors (Lipinski definition) is 2. The van der Waals surface area contributed by atoms with Crippen LogP contribution in [0.4, 0.5) is 0 Å². The predicted octanol–water partition coefficient (Wildman–Crippen LogP) is 3.65. The molecule has 2 rings (SSSR count). The molecule has 2 aromatic carbocycles. The minimum atomic E-state index is -0.421. The Kier molecular flexibility index (Phi) is 6.01. The van der Waals surface area contributed by atoms with Gasteiger partial charge in [0.25, 0.3) is 5.91 Å². The fraction of sp³-hybridized carbons (Fsp3) is 0.125. The minimum absolute atomic E-state index is 0.0925. The van der Waals surface area contributed by atoms with Crippen molar-refractivity contribution in [3.63, 3.8) is 0 Å². The number of hydrazone groups is 1. The van der Waals surface area contributed by atoms with E-state index in [1.165, 1.54) is 6.21 Å². The Balaban J connectivity index is 1.87. The number of carbonyl (C=O) groups excluding carboxylic acids is 1. The van der Waals surface area contributed by atoms with Gasteiger partial charge < -0.3 is 9.84 Å². The summed E-state index contributed by atoms with van der Waals surface area (Å²) in [5.74, 6) is 0.176. The Hall–Kier alpha value is -2.05. The van der Waals surface area contributed by atoms with Gasteiger partial charge in [0.1, 0.15) is 11.5 Å². The first kappa shape index (κ1) is 17.3. The number of rotatable bonds is 5. The van der Waals surface area contributed by atoms with Crippen molar-refractivity contribution in [3.8, 4) is 11.5 Å². The van der Waals surface area contributed by atoms with E-state index >= 15 is 0 Å². The van der Waals surface area contributed by atoms with Crippen LogP contribution in [0.5, 0.6) is 11.5 Å². The maximum atomic E-state index is 11.7. The maximum absolute atomic E-state index is 11.7. The van der Waals surface area contributed by atoms with Gasteiger partial charge in [-0.15, -0.1) is 0 Å². The summed E-state index contributed by atoms with van der Waals surface area (Å²) in [6, 6.07) is 10.1. The molecule has 0 radical (unpaired) electrons. The summed E-state index contributed by atoms with van der Waals surface area (Å²) in [4.78, 5) is 11.7. The molecule has 0 aliphatic heterocycles. The standard InChI is InChI=1S/C16H14BrClN2O3/c1-10-2-4-14(21)11(6-10)8-19-20-16(22)9-23-15-5-3-12(18)7-13(15)17/h2-8,21H,9H2,1H3,(H,20,22)/b19-8-. The molecule has 2 N–H and O–H groups in total. The summed E-state index contributed by atoms with van der Waals surface area (Å²) in [5, 5.41) is 14.0. The molecular formula is C16H14BrClN2O3. The molecule has 0 unspecified atom stereocenters. The smallest absolute Gasteiger partial charge is 0.277 e. The SMILES string of the molecule is Cc1ccc(O)c(/C=N\NC(=O)COc2ccc(Cl)cc2Br)c1. The highest BCUT2D eigenvalue weighted by molar-refractivity contribution is 9.10. The lowest BCUT2D eigenvalue weighted by Gasteiger charge is -2.07. The molecule has 0 fully saturated rings. The Morgan fingerprint density at radius 1 is 1.39 bits per heavy atom. The quantitative estimate of drug-likeness (QED) is 0.598. The highest BCUT2D eigenvalue weighted by Gasteiger charge is 2.05. The van der Waals surface area contributed by atoms with Crippen molar-refractivity contribution in [2.75, 3.05) is 6.61 Å². The van der Waals surface area contributed by atoms with Gasteiger partial charge in [0.15, 0.2) is 6.61 Å². The molecular weight excluding hydrogens is 384 g/mol. The van der Waals surface area contributed by atoms with Crippen LogP contribution < -0.4 is 10.2 Å². The molecule has 0 aromatic heterocycles. The zero-order valence-electron chi connectivity index (χ0n) is 12.2. The molecule has 0 atom stereocenters. The first-order valence-corrected chi connectivity index (χ1v) is 7.82. The Bertz CT molecular complexity index is 750. The molecule has 0 aliphatic rings. The molecule has 0 aliphatic carbocycles. The number of phenols is 1. The monoisotopic (exact) mass is 396 g/mol. The summed E-state index contributed by atoms with van der Waals surface area (Å²) in [6.07, 6.45) is 1.37. The molecule has 1 amide bonds. The van der Waals surface area contributed by atoms with Gasteiger partial charge in [0.2, 0.25) is 0 Å². The van der Waals surface area contributed by atoms with Crippen molar-refractivity contribution in [3.05, 3.63) is 57.0 Å². The van der Waals surface area contributed by atoms with Gasteiger partial charge in [-0.2, -0.15) is 5.10 Å². The van der Waals surface area contributed by atoms with Crippen LogP contribution in [-0.2, 0) is 4.79 Å².